The fourth-order valence-electron chi connectivity index (χ4n) is 1.38. The highest BCUT2D eigenvalue weighted by molar-refractivity contribution is 7.49. The van der Waals surface area contributed by atoms with Crippen molar-refractivity contribution in [1.29, 1.82) is 0 Å². The maximum atomic E-state index is 12.8. The normalized spacial score (nSPS) is 13.3. The van der Waals surface area contributed by atoms with E-state index in [-0.39, 0.29) is 11.5 Å². The second-order valence-electron chi connectivity index (χ2n) is 6.41. The number of benzene rings is 1. The molecule has 0 bridgehead atoms. The number of phenols is 1. The van der Waals surface area contributed by atoms with Crippen LogP contribution in [0.4, 0.5) is 0 Å². The molecular formula is C14H23O5P. The summed E-state index contributed by atoms with van der Waals surface area (Å²) in [5.74, 6) is -0.0629. The topological polar surface area (TPSA) is 65.0 Å². The molecular weight excluding hydrogens is 279 g/mol. The first kappa shape index (κ1) is 17.0. The van der Waals surface area contributed by atoms with Gasteiger partial charge in [-0.05, 0) is 53.7 Å². The lowest BCUT2D eigenvalue weighted by atomic mass is 10.2. The first-order valence-corrected chi connectivity index (χ1v) is 7.85. The fraction of sp³-hybridized carbons (Fsp3) is 0.571. The highest BCUT2D eigenvalue weighted by atomic mass is 31.2. The smallest absolute Gasteiger partial charge is 0.504 e. The molecule has 1 N–H and O–H groups in total. The molecule has 20 heavy (non-hydrogen) atoms. The Hall–Kier alpha value is -1.03. The van der Waals surface area contributed by atoms with E-state index in [0.29, 0.717) is 0 Å². The van der Waals surface area contributed by atoms with E-state index < -0.39 is 19.0 Å². The van der Waals surface area contributed by atoms with Crippen molar-refractivity contribution in [3.63, 3.8) is 0 Å². The minimum Gasteiger partial charge on any atom is -0.504 e. The Morgan fingerprint density at radius 2 is 1.40 bits per heavy atom. The molecule has 0 aliphatic carbocycles. The van der Waals surface area contributed by atoms with Gasteiger partial charge in [-0.2, -0.15) is 0 Å². The van der Waals surface area contributed by atoms with Gasteiger partial charge in [-0.15, -0.1) is 0 Å². The van der Waals surface area contributed by atoms with E-state index in [0.717, 1.165) is 0 Å². The summed E-state index contributed by atoms with van der Waals surface area (Å²) < 4.78 is 29.1. The van der Waals surface area contributed by atoms with Crippen LogP contribution in [-0.2, 0) is 13.6 Å². The standard InChI is InChI=1S/C14H23O5P/c1-13(2,3)18-20(16,19-14(4,5)6)17-12-10-8-7-9-11(12)15/h7-10,15H,1-6H3. The SMILES string of the molecule is CC(C)(C)OP(=O)(Oc1ccccc1O)OC(C)(C)C. The molecule has 0 heterocycles. The van der Waals surface area contributed by atoms with Crippen LogP contribution in [0, 0.1) is 0 Å². The third-order valence-electron chi connectivity index (χ3n) is 1.85. The number of hydrogen-bond acceptors (Lipinski definition) is 5. The molecule has 0 spiro atoms. The number of phosphoric ester groups is 1. The average Bonchev–Trinajstić information content (AvgIpc) is 2.15. The summed E-state index contributed by atoms with van der Waals surface area (Å²) >= 11 is 0. The molecule has 0 aliphatic rings. The van der Waals surface area contributed by atoms with Gasteiger partial charge in [0.1, 0.15) is 0 Å². The highest BCUT2D eigenvalue weighted by Crippen LogP contribution is 2.56. The van der Waals surface area contributed by atoms with E-state index in [4.69, 9.17) is 13.6 Å². The van der Waals surface area contributed by atoms with Crippen LogP contribution in [0.1, 0.15) is 41.5 Å². The van der Waals surface area contributed by atoms with Gasteiger partial charge in [0.15, 0.2) is 11.5 Å². The number of phosphoric acid groups is 1. The monoisotopic (exact) mass is 302 g/mol. The molecule has 6 heteroatoms. The first-order valence-electron chi connectivity index (χ1n) is 6.39. The second-order valence-corrected chi connectivity index (χ2v) is 7.86. The molecule has 0 aliphatic heterocycles. The molecule has 5 nitrogen and oxygen atoms in total. The zero-order valence-electron chi connectivity index (χ0n) is 12.8. The number of phenolic OH excluding ortho intramolecular Hbond substituents is 1. The highest BCUT2D eigenvalue weighted by Gasteiger charge is 2.39. The first-order chi connectivity index (χ1) is 8.90. The van der Waals surface area contributed by atoms with Gasteiger partial charge in [0.2, 0.25) is 0 Å². The molecule has 0 saturated carbocycles. The van der Waals surface area contributed by atoms with E-state index in [1.54, 1.807) is 53.7 Å². The molecule has 0 radical (unpaired) electrons. The summed E-state index contributed by atoms with van der Waals surface area (Å²) in [7, 11) is -3.87. The number of rotatable bonds is 4. The lowest BCUT2D eigenvalue weighted by molar-refractivity contribution is 0.0220. The molecule has 0 atom stereocenters. The Kier molecular flexibility index (Phi) is 4.90. The third-order valence-corrected chi connectivity index (χ3v) is 3.81. The molecule has 1 aromatic rings. The fourth-order valence-corrected chi connectivity index (χ4v) is 3.23. The summed E-state index contributed by atoms with van der Waals surface area (Å²) in [6.07, 6.45) is 0. The van der Waals surface area contributed by atoms with Crippen molar-refractivity contribution in [2.45, 2.75) is 52.7 Å². The summed E-state index contributed by atoms with van der Waals surface area (Å²) in [6, 6.07) is 6.24. The van der Waals surface area contributed by atoms with Crippen LogP contribution in [-0.4, -0.2) is 16.3 Å². The Morgan fingerprint density at radius 3 is 1.80 bits per heavy atom. The van der Waals surface area contributed by atoms with E-state index in [1.165, 1.54) is 12.1 Å². The zero-order valence-corrected chi connectivity index (χ0v) is 13.7. The second kappa shape index (κ2) is 5.76. The van der Waals surface area contributed by atoms with Crippen LogP contribution in [0.5, 0.6) is 11.5 Å². The molecule has 0 unspecified atom stereocenters. The molecule has 0 aromatic heterocycles. The lowest BCUT2D eigenvalue weighted by Crippen LogP contribution is -2.25. The van der Waals surface area contributed by atoms with Crippen LogP contribution < -0.4 is 4.52 Å². The van der Waals surface area contributed by atoms with E-state index in [1.807, 2.05) is 0 Å². The van der Waals surface area contributed by atoms with E-state index in [9.17, 15) is 9.67 Å². The van der Waals surface area contributed by atoms with Gasteiger partial charge < -0.3 is 9.63 Å². The third kappa shape index (κ3) is 5.95. The van der Waals surface area contributed by atoms with Gasteiger partial charge in [-0.25, -0.2) is 4.57 Å². The van der Waals surface area contributed by atoms with Crippen LogP contribution >= 0.6 is 7.82 Å². The predicted molar refractivity (Wildman–Crippen MR) is 78.0 cm³/mol. The van der Waals surface area contributed by atoms with Crippen LogP contribution in [0.2, 0.25) is 0 Å². The van der Waals surface area contributed by atoms with Crippen molar-refractivity contribution in [1.82, 2.24) is 0 Å². The van der Waals surface area contributed by atoms with Gasteiger partial charge in [-0.1, -0.05) is 12.1 Å². The van der Waals surface area contributed by atoms with E-state index in [2.05, 4.69) is 0 Å². The Labute approximate surface area is 120 Å². The molecule has 1 rings (SSSR count). The van der Waals surface area contributed by atoms with E-state index >= 15 is 0 Å². The van der Waals surface area contributed by atoms with Crippen molar-refractivity contribution >= 4 is 7.82 Å². The zero-order chi connectivity index (χ0) is 15.6. The molecule has 0 amide bonds. The van der Waals surface area contributed by atoms with Crippen LogP contribution in [0.25, 0.3) is 0 Å². The van der Waals surface area contributed by atoms with Crippen molar-refractivity contribution in [3.8, 4) is 11.5 Å². The quantitative estimate of drug-likeness (QED) is 0.829. The minimum atomic E-state index is -3.87. The molecule has 114 valence electrons. The number of aromatic hydroxyl groups is 1. The number of hydrogen-bond donors (Lipinski definition) is 1. The van der Waals surface area contributed by atoms with Crippen LogP contribution in [0.3, 0.4) is 0 Å². The Morgan fingerprint density at radius 1 is 0.950 bits per heavy atom. The van der Waals surface area contributed by atoms with Crippen molar-refractivity contribution in [2.75, 3.05) is 0 Å². The largest absolute Gasteiger partial charge is 0.531 e. The Bertz CT molecular complexity index is 479. The lowest BCUT2D eigenvalue weighted by Gasteiger charge is -2.30. The van der Waals surface area contributed by atoms with Crippen molar-refractivity contribution in [2.24, 2.45) is 0 Å². The Balaban J connectivity index is 3.06. The molecule has 0 saturated heterocycles. The van der Waals surface area contributed by atoms with Crippen LogP contribution in [0.15, 0.2) is 24.3 Å². The van der Waals surface area contributed by atoms with Gasteiger partial charge in [0, 0.05) is 0 Å². The predicted octanol–water partition coefficient (Wildman–Crippen LogP) is 4.51. The van der Waals surface area contributed by atoms with Gasteiger partial charge in [-0.3, -0.25) is 9.05 Å². The summed E-state index contributed by atoms with van der Waals surface area (Å²) in [5, 5.41) is 9.71. The molecule has 0 fully saturated rings. The van der Waals surface area contributed by atoms with Gasteiger partial charge in [0.05, 0.1) is 11.2 Å². The maximum Gasteiger partial charge on any atom is 0.531 e. The van der Waals surface area contributed by atoms with Crippen molar-refractivity contribution < 1.29 is 23.2 Å². The van der Waals surface area contributed by atoms with Gasteiger partial charge in [0.25, 0.3) is 0 Å². The summed E-state index contributed by atoms with van der Waals surface area (Å²) in [4.78, 5) is 0. The van der Waals surface area contributed by atoms with Gasteiger partial charge >= 0.3 is 7.82 Å². The number of para-hydroxylation sites is 2. The molecule has 1 aromatic carbocycles. The average molecular weight is 302 g/mol. The maximum absolute atomic E-state index is 12.8. The summed E-state index contributed by atoms with van der Waals surface area (Å²) in [6.45, 7) is 10.5. The van der Waals surface area contributed by atoms with Crippen molar-refractivity contribution in [3.05, 3.63) is 24.3 Å². The minimum absolute atomic E-state index is 0.0596. The summed E-state index contributed by atoms with van der Waals surface area (Å²) in [5.41, 5.74) is -1.43.